The molecule has 0 spiro atoms. The van der Waals surface area contributed by atoms with Crippen LogP contribution in [0.15, 0.2) is 54.6 Å². The number of ether oxygens (including phenoxy) is 1. The van der Waals surface area contributed by atoms with Gasteiger partial charge in [-0.1, -0.05) is 12.1 Å². The summed E-state index contributed by atoms with van der Waals surface area (Å²) < 4.78 is 21.7. The van der Waals surface area contributed by atoms with Crippen LogP contribution in [0.1, 0.15) is 51.8 Å². The van der Waals surface area contributed by atoms with Crippen molar-refractivity contribution >= 4 is 17.0 Å². The van der Waals surface area contributed by atoms with E-state index in [1.807, 2.05) is 18.2 Å². The van der Waals surface area contributed by atoms with Crippen molar-refractivity contribution < 1.29 is 19.0 Å². The van der Waals surface area contributed by atoms with E-state index in [1.165, 1.54) is 12.1 Å². The number of pyridine rings is 1. The number of piperidine rings is 1. The van der Waals surface area contributed by atoms with Crippen LogP contribution in [0.2, 0.25) is 0 Å². The third-order valence-electron chi connectivity index (χ3n) is 6.98. The third-order valence-corrected chi connectivity index (χ3v) is 6.98. The van der Waals surface area contributed by atoms with Crippen molar-refractivity contribution in [3.05, 3.63) is 88.6 Å². The topological polar surface area (TPSA) is 128 Å². The zero-order valence-corrected chi connectivity index (χ0v) is 21.0. The van der Waals surface area contributed by atoms with Crippen molar-refractivity contribution in [2.75, 3.05) is 13.1 Å². The van der Waals surface area contributed by atoms with Gasteiger partial charge < -0.3 is 14.4 Å². The van der Waals surface area contributed by atoms with Gasteiger partial charge in [-0.05, 0) is 62.3 Å². The first-order valence-electron chi connectivity index (χ1n) is 12.5. The number of carbonyl (C=O) groups is 1. The lowest BCUT2D eigenvalue weighted by Crippen LogP contribution is -2.33. The van der Waals surface area contributed by atoms with Gasteiger partial charge >= 0.3 is 5.97 Å². The molecule has 0 unspecified atom stereocenters. The number of carboxylic acid groups (broad SMARTS) is 1. The van der Waals surface area contributed by atoms with Crippen LogP contribution in [0, 0.1) is 28.5 Å². The van der Waals surface area contributed by atoms with Gasteiger partial charge in [0.05, 0.1) is 40.8 Å². The zero-order chi connectivity index (χ0) is 27.4. The fraction of sp³-hybridized carbons (Fsp3) is 0.276. The Morgan fingerprint density at radius 3 is 2.64 bits per heavy atom. The van der Waals surface area contributed by atoms with Crippen molar-refractivity contribution in [3.8, 4) is 18.0 Å². The van der Waals surface area contributed by atoms with Crippen molar-refractivity contribution in [3.63, 3.8) is 0 Å². The number of hydrogen-bond acceptors (Lipinski definition) is 7. The second-order valence-electron chi connectivity index (χ2n) is 9.44. The Kier molecular flexibility index (Phi) is 7.48. The number of rotatable bonds is 8. The summed E-state index contributed by atoms with van der Waals surface area (Å²) >= 11 is 0. The lowest BCUT2D eigenvalue weighted by molar-refractivity contribution is 0.0697. The Morgan fingerprint density at radius 1 is 1.10 bits per heavy atom. The number of nitriles is 2. The lowest BCUT2D eigenvalue weighted by atomic mass is 9.93. The van der Waals surface area contributed by atoms with E-state index < -0.39 is 11.8 Å². The smallest absolute Gasteiger partial charge is 0.335 e. The summed E-state index contributed by atoms with van der Waals surface area (Å²) in [6.45, 7) is 2.28. The van der Waals surface area contributed by atoms with E-state index in [0.717, 1.165) is 37.4 Å². The van der Waals surface area contributed by atoms with Crippen LogP contribution in [0.25, 0.3) is 11.0 Å². The molecule has 0 atom stereocenters. The number of hydrogen-bond donors (Lipinski definition) is 1. The fourth-order valence-corrected chi connectivity index (χ4v) is 4.88. The molecule has 5 rings (SSSR count). The maximum absolute atomic E-state index is 14.2. The number of benzene rings is 2. The molecule has 1 aliphatic rings. The van der Waals surface area contributed by atoms with Crippen molar-refractivity contribution in [1.82, 2.24) is 19.4 Å². The summed E-state index contributed by atoms with van der Waals surface area (Å²) in [5.41, 5.74) is 3.01. The predicted octanol–water partition coefficient (Wildman–Crippen LogP) is 4.62. The van der Waals surface area contributed by atoms with Gasteiger partial charge in [0.25, 0.3) is 0 Å². The van der Waals surface area contributed by atoms with Crippen LogP contribution < -0.4 is 4.74 Å². The summed E-state index contributed by atoms with van der Waals surface area (Å²) in [4.78, 5) is 23.0. The van der Waals surface area contributed by atoms with Crippen LogP contribution in [0.5, 0.6) is 5.88 Å². The van der Waals surface area contributed by atoms with E-state index in [0.29, 0.717) is 29.0 Å². The summed E-state index contributed by atoms with van der Waals surface area (Å²) in [5, 5.41) is 27.6. The summed E-state index contributed by atoms with van der Waals surface area (Å²) in [7, 11) is 0. The Bertz CT molecular complexity index is 1610. The molecular formula is C29H25FN6O3. The van der Waals surface area contributed by atoms with E-state index in [4.69, 9.17) is 10.00 Å². The number of imidazole rings is 1. The quantitative estimate of drug-likeness (QED) is 0.354. The number of carboxylic acids is 1. The molecule has 1 N–H and O–H groups in total. The molecule has 2 aromatic carbocycles. The molecule has 196 valence electrons. The van der Waals surface area contributed by atoms with E-state index in [1.54, 1.807) is 34.9 Å². The molecule has 0 amide bonds. The highest BCUT2D eigenvalue weighted by Gasteiger charge is 2.24. The molecule has 0 aliphatic carbocycles. The molecule has 1 fully saturated rings. The van der Waals surface area contributed by atoms with E-state index >= 15 is 0 Å². The predicted molar refractivity (Wildman–Crippen MR) is 139 cm³/mol. The minimum absolute atomic E-state index is 0.0180. The van der Waals surface area contributed by atoms with Crippen LogP contribution in [-0.4, -0.2) is 43.6 Å². The molecular weight excluding hydrogens is 499 g/mol. The second-order valence-corrected chi connectivity index (χ2v) is 9.44. The maximum Gasteiger partial charge on any atom is 0.335 e. The van der Waals surface area contributed by atoms with Crippen LogP contribution in [0.4, 0.5) is 4.39 Å². The molecule has 2 aromatic heterocycles. The van der Waals surface area contributed by atoms with E-state index in [9.17, 15) is 19.6 Å². The first kappa shape index (κ1) is 25.8. The standard InChI is InChI=1S/C29H25FN6O3/c30-23-14-19(16-32)4-5-22(23)18-39-28-3-1-2-24(34-28)20-8-11-35(12-9-20)17-27-33-25-7-6-21(29(37)38)15-26(25)36(27)13-10-31/h1-7,14-15,20H,8-9,11-13,17-18H2,(H,37,38). The molecule has 0 saturated carbocycles. The average molecular weight is 525 g/mol. The van der Waals surface area contributed by atoms with Gasteiger partial charge in [0, 0.05) is 23.2 Å². The highest BCUT2D eigenvalue weighted by Crippen LogP contribution is 2.29. The van der Waals surface area contributed by atoms with Gasteiger partial charge in [-0.15, -0.1) is 0 Å². The first-order chi connectivity index (χ1) is 18.9. The summed E-state index contributed by atoms with van der Waals surface area (Å²) in [5.74, 6) is -0.105. The third kappa shape index (κ3) is 5.71. The minimum Gasteiger partial charge on any atom is -0.478 e. The van der Waals surface area contributed by atoms with Crippen LogP contribution >= 0.6 is 0 Å². The maximum atomic E-state index is 14.2. The van der Waals surface area contributed by atoms with Gasteiger partial charge in [-0.3, -0.25) is 4.90 Å². The average Bonchev–Trinajstić information content (AvgIpc) is 3.29. The zero-order valence-electron chi connectivity index (χ0n) is 21.0. The molecule has 1 saturated heterocycles. The molecule has 3 heterocycles. The van der Waals surface area contributed by atoms with Crippen molar-refractivity contribution in [2.45, 2.75) is 38.5 Å². The highest BCUT2D eigenvalue weighted by molar-refractivity contribution is 5.92. The number of likely N-dealkylation sites (tertiary alicyclic amines) is 1. The lowest BCUT2D eigenvalue weighted by Gasteiger charge is -2.31. The largest absolute Gasteiger partial charge is 0.478 e. The number of aromatic nitrogens is 3. The second kappa shape index (κ2) is 11.3. The van der Waals surface area contributed by atoms with Crippen molar-refractivity contribution in [2.24, 2.45) is 0 Å². The summed E-state index contributed by atoms with van der Waals surface area (Å²) in [6.07, 6.45) is 1.75. The number of aromatic carboxylic acids is 1. The Morgan fingerprint density at radius 2 is 1.92 bits per heavy atom. The van der Waals surface area contributed by atoms with Gasteiger partial charge in [-0.25, -0.2) is 19.2 Å². The Hall–Kier alpha value is -4.80. The SMILES string of the molecule is N#CCn1c(CN2CCC(c3cccc(OCc4ccc(C#N)cc4F)n3)CC2)nc2ccc(C(=O)O)cc21. The van der Waals surface area contributed by atoms with E-state index in [2.05, 4.69) is 20.9 Å². The number of halogens is 1. The minimum atomic E-state index is -1.02. The van der Waals surface area contributed by atoms with Crippen molar-refractivity contribution in [1.29, 1.82) is 10.5 Å². The molecule has 9 nitrogen and oxygen atoms in total. The van der Waals surface area contributed by atoms with E-state index in [-0.39, 0.29) is 30.2 Å². The van der Waals surface area contributed by atoms with Gasteiger partial charge in [0.1, 0.15) is 24.8 Å². The van der Waals surface area contributed by atoms with Gasteiger partial charge in [-0.2, -0.15) is 10.5 Å². The molecule has 0 radical (unpaired) electrons. The fourth-order valence-electron chi connectivity index (χ4n) is 4.88. The molecule has 0 bridgehead atoms. The van der Waals surface area contributed by atoms with Crippen LogP contribution in [-0.2, 0) is 19.7 Å². The first-order valence-corrected chi connectivity index (χ1v) is 12.5. The molecule has 4 aromatic rings. The summed E-state index contributed by atoms with van der Waals surface area (Å²) in [6, 6.07) is 18.7. The van der Waals surface area contributed by atoms with Crippen LogP contribution in [0.3, 0.4) is 0 Å². The van der Waals surface area contributed by atoms with Gasteiger partial charge in [0.2, 0.25) is 5.88 Å². The number of nitrogens with zero attached hydrogens (tertiary/aromatic N) is 6. The number of fused-ring (bicyclic) bond motifs is 1. The molecule has 39 heavy (non-hydrogen) atoms. The Labute approximate surface area is 224 Å². The monoisotopic (exact) mass is 524 g/mol. The highest BCUT2D eigenvalue weighted by atomic mass is 19.1. The Balaban J connectivity index is 1.22. The molecule has 10 heteroatoms. The molecule has 1 aliphatic heterocycles. The van der Waals surface area contributed by atoms with Gasteiger partial charge in [0.15, 0.2) is 0 Å². The normalized spacial score (nSPS) is 14.1.